The van der Waals surface area contributed by atoms with Crippen molar-refractivity contribution in [3.05, 3.63) is 70.1 Å². The molecule has 0 aliphatic rings. The van der Waals surface area contributed by atoms with Crippen LogP contribution in [0.3, 0.4) is 0 Å². The molecule has 0 atom stereocenters. The minimum Gasteiger partial charge on any atom is -0.484 e. The molecule has 1 N–H and O–H groups in total. The van der Waals surface area contributed by atoms with E-state index in [4.69, 9.17) is 9.15 Å². The summed E-state index contributed by atoms with van der Waals surface area (Å²) in [6.07, 6.45) is 0. The van der Waals surface area contributed by atoms with E-state index in [0.717, 1.165) is 10.9 Å². The van der Waals surface area contributed by atoms with Gasteiger partial charge in [-0.15, -0.1) is 0 Å². The van der Waals surface area contributed by atoms with Crippen LogP contribution in [0.4, 0.5) is 5.69 Å². The molecule has 3 aromatic rings. The Hall–Kier alpha value is -3.61. The second-order valence-electron chi connectivity index (χ2n) is 5.81. The molecule has 2 aromatic carbocycles. The van der Waals surface area contributed by atoms with Gasteiger partial charge in [0.25, 0.3) is 5.91 Å². The van der Waals surface area contributed by atoms with Crippen LogP contribution in [-0.2, 0) is 9.53 Å². The van der Waals surface area contributed by atoms with Gasteiger partial charge < -0.3 is 19.2 Å². The molecule has 0 unspecified atom stereocenters. The van der Waals surface area contributed by atoms with Gasteiger partial charge in [0.2, 0.25) is 0 Å². The fourth-order valence-electron chi connectivity index (χ4n) is 2.47. The molecule has 0 bridgehead atoms. The highest BCUT2D eigenvalue weighted by atomic mass is 16.5. The zero-order chi connectivity index (χ0) is 19.4. The van der Waals surface area contributed by atoms with Crippen molar-refractivity contribution >= 4 is 28.5 Å². The summed E-state index contributed by atoms with van der Waals surface area (Å²) in [7, 11) is 1.29. The molecule has 0 saturated carbocycles. The van der Waals surface area contributed by atoms with Crippen molar-refractivity contribution in [2.24, 2.45) is 0 Å². The van der Waals surface area contributed by atoms with Crippen molar-refractivity contribution in [2.45, 2.75) is 6.92 Å². The average molecular weight is 367 g/mol. The first-order chi connectivity index (χ1) is 13.0. The van der Waals surface area contributed by atoms with Crippen LogP contribution < -0.4 is 15.7 Å². The highest BCUT2D eigenvalue weighted by molar-refractivity contribution is 5.96. The van der Waals surface area contributed by atoms with Gasteiger partial charge >= 0.3 is 11.6 Å². The smallest absolute Gasteiger partial charge is 0.337 e. The lowest BCUT2D eigenvalue weighted by Gasteiger charge is -2.11. The van der Waals surface area contributed by atoms with E-state index in [2.05, 4.69) is 10.1 Å². The maximum atomic E-state index is 12.2. The highest BCUT2D eigenvalue weighted by Crippen LogP contribution is 2.20. The number of methoxy groups -OCH3 is 1. The summed E-state index contributed by atoms with van der Waals surface area (Å²) in [6.45, 7) is 1.56. The number of carbonyl (C=O) groups excluding carboxylic acids is 2. The van der Waals surface area contributed by atoms with Gasteiger partial charge in [-0.2, -0.15) is 0 Å². The van der Waals surface area contributed by atoms with Crippen molar-refractivity contribution in [2.75, 3.05) is 19.0 Å². The summed E-state index contributed by atoms with van der Waals surface area (Å²) < 4.78 is 15.2. The molecule has 0 spiro atoms. The van der Waals surface area contributed by atoms with Crippen LogP contribution in [-0.4, -0.2) is 25.6 Å². The molecule has 0 radical (unpaired) electrons. The number of nitrogens with one attached hydrogen (secondary N) is 1. The average Bonchev–Trinajstić information content (AvgIpc) is 2.67. The molecule has 0 aliphatic carbocycles. The van der Waals surface area contributed by atoms with Gasteiger partial charge in [-0.25, -0.2) is 9.59 Å². The topological polar surface area (TPSA) is 94.8 Å². The minimum absolute atomic E-state index is 0.246. The standard InChI is InChI=1S/C20H17NO6/c1-12-3-4-14(20(24)25-2)9-16(12)21-18(22)11-26-15-7-5-13-6-8-19(23)27-17(13)10-15/h3-10H,11H2,1-2H3,(H,21,22). The van der Waals surface area contributed by atoms with Gasteiger partial charge in [0.1, 0.15) is 11.3 Å². The summed E-state index contributed by atoms with van der Waals surface area (Å²) in [5.74, 6) is -0.485. The second-order valence-corrected chi connectivity index (χ2v) is 5.81. The normalized spacial score (nSPS) is 10.4. The van der Waals surface area contributed by atoms with Crippen LogP contribution >= 0.6 is 0 Å². The van der Waals surface area contributed by atoms with Gasteiger partial charge in [0, 0.05) is 23.2 Å². The van der Waals surface area contributed by atoms with Crippen molar-refractivity contribution in [3.63, 3.8) is 0 Å². The van der Waals surface area contributed by atoms with Crippen LogP contribution in [0.5, 0.6) is 5.75 Å². The molecule has 1 amide bonds. The number of amides is 1. The zero-order valence-electron chi connectivity index (χ0n) is 14.8. The van der Waals surface area contributed by atoms with E-state index < -0.39 is 17.5 Å². The van der Waals surface area contributed by atoms with Crippen molar-refractivity contribution in [1.29, 1.82) is 0 Å². The predicted octanol–water partition coefficient (Wildman–Crippen LogP) is 2.91. The van der Waals surface area contributed by atoms with E-state index in [1.165, 1.54) is 13.2 Å². The molecule has 1 aromatic heterocycles. The van der Waals surface area contributed by atoms with Crippen LogP contribution in [0.15, 0.2) is 57.7 Å². The number of ether oxygens (including phenoxy) is 2. The quantitative estimate of drug-likeness (QED) is 0.550. The molecular weight excluding hydrogens is 350 g/mol. The number of benzene rings is 2. The molecule has 1 heterocycles. The van der Waals surface area contributed by atoms with Gasteiger partial charge in [0.15, 0.2) is 6.61 Å². The van der Waals surface area contributed by atoms with E-state index in [9.17, 15) is 14.4 Å². The number of rotatable bonds is 5. The highest BCUT2D eigenvalue weighted by Gasteiger charge is 2.11. The lowest BCUT2D eigenvalue weighted by atomic mass is 10.1. The van der Waals surface area contributed by atoms with Gasteiger partial charge in [-0.05, 0) is 42.8 Å². The number of hydrogen-bond acceptors (Lipinski definition) is 6. The maximum Gasteiger partial charge on any atom is 0.337 e. The number of carbonyl (C=O) groups is 2. The number of anilines is 1. The Labute approximate surface area is 154 Å². The van der Waals surface area contributed by atoms with Crippen molar-refractivity contribution in [1.82, 2.24) is 0 Å². The Kier molecular flexibility index (Phi) is 5.21. The summed E-state index contributed by atoms with van der Waals surface area (Å²) in [6, 6.07) is 12.8. The third-order valence-electron chi connectivity index (χ3n) is 3.90. The van der Waals surface area contributed by atoms with E-state index in [1.54, 1.807) is 42.5 Å². The Morgan fingerprint density at radius 3 is 2.63 bits per heavy atom. The van der Waals surface area contributed by atoms with Gasteiger partial charge in [-0.3, -0.25) is 4.79 Å². The SMILES string of the molecule is COC(=O)c1ccc(C)c(NC(=O)COc2ccc3ccc(=O)oc3c2)c1. The molecule has 27 heavy (non-hydrogen) atoms. The Morgan fingerprint density at radius 2 is 1.85 bits per heavy atom. The number of hydrogen-bond donors (Lipinski definition) is 1. The molecule has 0 aliphatic heterocycles. The number of esters is 1. The van der Waals surface area contributed by atoms with Crippen molar-refractivity contribution in [3.8, 4) is 5.75 Å². The van der Waals surface area contributed by atoms with E-state index in [-0.39, 0.29) is 6.61 Å². The zero-order valence-corrected chi connectivity index (χ0v) is 14.8. The molecule has 138 valence electrons. The lowest BCUT2D eigenvalue weighted by molar-refractivity contribution is -0.118. The van der Waals surface area contributed by atoms with Crippen molar-refractivity contribution < 1.29 is 23.5 Å². The van der Waals surface area contributed by atoms with Gasteiger partial charge in [-0.1, -0.05) is 6.07 Å². The fraction of sp³-hybridized carbons (Fsp3) is 0.150. The third kappa shape index (κ3) is 4.33. The second kappa shape index (κ2) is 7.74. The third-order valence-corrected chi connectivity index (χ3v) is 3.90. The monoisotopic (exact) mass is 367 g/mol. The van der Waals surface area contributed by atoms with Crippen LogP contribution in [0, 0.1) is 6.92 Å². The molecule has 0 saturated heterocycles. The summed E-state index contributed by atoms with van der Waals surface area (Å²) in [5.41, 5.74) is 1.55. The lowest BCUT2D eigenvalue weighted by Crippen LogP contribution is -2.21. The largest absolute Gasteiger partial charge is 0.484 e. The molecule has 0 fully saturated rings. The van der Waals surface area contributed by atoms with Gasteiger partial charge in [0.05, 0.1) is 12.7 Å². The maximum absolute atomic E-state index is 12.2. The molecular formula is C20H17NO6. The van der Waals surface area contributed by atoms with E-state index in [1.807, 2.05) is 6.92 Å². The first-order valence-electron chi connectivity index (χ1n) is 8.12. The fourth-order valence-corrected chi connectivity index (χ4v) is 2.47. The van der Waals surface area contributed by atoms with Crippen LogP contribution in [0.1, 0.15) is 15.9 Å². The molecule has 3 rings (SSSR count). The molecule has 7 heteroatoms. The van der Waals surface area contributed by atoms with E-state index in [0.29, 0.717) is 22.6 Å². The summed E-state index contributed by atoms with van der Waals surface area (Å²) in [4.78, 5) is 35.1. The first kappa shape index (κ1) is 18.2. The van der Waals surface area contributed by atoms with E-state index >= 15 is 0 Å². The molecule has 7 nitrogen and oxygen atoms in total. The number of aryl methyl sites for hydroxylation is 1. The Balaban J connectivity index is 1.68. The predicted molar refractivity (Wildman–Crippen MR) is 99.1 cm³/mol. The number of fused-ring (bicyclic) bond motifs is 1. The summed E-state index contributed by atoms with van der Waals surface area (Å²) in [5, 5.41) is 3.45. The Morgan fingerprint density at radius 1 is 1.07 bits per heavy atom. The van der Waals surface area contributed by atoms with Crippen LogP contribution in [0.2, 0.25) is 0 Å². The summed E-state index contributed by atoms with van der Waals surface area (Å²) >= 11 is 0. The first-order valence-corrected chi connectivity index (χ1v) is 8.12. The Bertz CT molecular complexity index is 1070. The minimum atomic E-state index is -0.487. The van der Waals surface area contributed by atoms with Crippen LogP contribution in [0.25, 0.3) is 11.0 Å².